The van der Waals surface area contributed by atoms with Crippen LogP contribution in [0.1, 0.15) is 150 Å². The van der Waals surface area contributed by atoms with Crippen LogP contribution in [0.15, 0.2) is 65.7 Å². The molecule has 29 heteroatoms. The minimum Gasteiger partial charge on any atom is -0.507 e. The van der Waals surface area contributed by atoms with Gasteiger partial charge in [-0.05, 0) is 140 Å². The summed E-state index contributed by atoms with van der Waals surface area (Å²) in [6.45, 7) is 25.7. The number of benzene rings is 3. The van der Waals surface area contributed by atoms with Crippen molar-refractivity contribution >= 4 is 98.5 Å². The topological polar surface area (TPSA) is 385 Å². The number of phenols is 1. The van der Waals surface area contributed by atoms with Crippen molar-refractivity contribution in [1.82, 2.24) is 61.7 Å². The Balaban J connectivity index is 1.23. The summed E-state index contributed by atoms with van der Waals surface area (Å²) in [4.78, 5) is 152. The van der Waals surface area contributed by atoms with Gasteiger partial charge >= 0.3 is 11.9 Å². The molecular formula is C75H118IN15O13. The number of halogens is 1. The fourth-order valence-corrected chi connectivity index (χ4v) is 13.2. The number of aliphatic carboxylic acids is 1. The summed E-state index contributed by atoms with van der Waals surface area (Å²) in [7, 11) is 1.41. The lowest BCUT2D eigenvalue weighted by molar-refractivity contribution is -0.156. The number of ether oxygens (including phenoxy) is 1. The number of carboxylic acids is 1. The molecule has 8 amide bonds. The molecule has 0 bridgehead atoms. The van der Waals surface area contributed by atoms with Gasteiger partial charge in [0, 0.05) is 118 Å². The summed E-state index contributed by atoms with van der Waals surface area (Å²) in [5.41, 5.74) is 11.9. The number of nitrogens with two attached hydrogens (primary N) is 2. The van der Waals surface area contributed by atoms with E-state index in [1.807, 2.05) is 85.8 Å². The zero-order chi connectivity index (χ0) is 76.7. The second-order valence-corrected chi connectivity index (χ2v) is 32.1. The predicted molar refractivity (Wildman–Crippen MR) is 410 cm³/mol. The number of rotatable bonds is 31. The van der Waals surface area contributed by atoms with Crippen LogP contribution in [0.2, 0.25) is 0 Å². The summed E-state index contributed by atoms with van der Waals surface area (Å²) in [6, 6.07) is 12.0. The maximum atomic E-state index is 14.8. The maximum Gasteiger partial charge on any atom is 0.320 e. The number of carbonyl (C=O) groups is 10. The van der Waals surface area contributed by atoms with Crippen LogP contribution in [0.3, 0.4) is 0 Å². The van der Waals surface area contributed by atoms with Crippen LogP contribution >= 0.6 is 22.6 Å². The van der Waals surface area contributed by atoms with Gasteiger partial charge in [0.1, 0.15) is 41.6 Å². The van der Waals surface area contributed by atoms with E-state index in [1.54, 1.807) is 12.1 Å². The molecule has 5 rings (SSSR count). The van der Waals surface area contributed by atoms with E-state index in [2.05, 4.69) is 103 Å². The van der Waals surface area contributed by atoms with Gasteiger partial charge in [-0.1, -0.05) is 103 Å². The van der Waals surface area contributed by atoms with Crippen molar-refractivity contribution in [2.75, 3.05) is 112 Å². The molecule has 0 radical (unpaired) electrons. The first-order valence-electron chi connectivity index (χ1n) is 36.6. The number of hydrogen-bond acceptors (Lipinski definition) is 17. The number of guanidine groups is 1. The molecule has 5 atom stereocenters. The number of phenolic OH excluding ortho intramolecular Hbond substituents is 1. The Morgan fingerprint density at radius 2 is 1.20 bits per heavy atom. The first-order chi connectivity index (χ1) is 49.0. The fraction of sp³-hybridized carbons (Fsp3) is 0.640. The Labute approximate surface area is 627 Å². The second-order valence-electron chi connectivity index (χ2n) is 30.9. The van der Waals surface area contributed by atoms with Gasteiger partial charge in [0.15, 0.2) is 5.96 Å². The van der Waals surface area contributed by atoms with Gasteiger partial charge < -0.3 is 78.3 Å². The molecule has 2 saturated heterocycles. The molecule has 0 saturated carbocycles. The Hall–Kier alpha value is -7.74. The molecule has 0 aliphatic carbocycles. The summed E-state index contributed by atoms with van der Waals surface area (Å²) < 4.78 is 6.24. The first kappa shape index (κ1) is 86.9. The van der Waals surface area contributed by atoms with E-state index in [0.29, 0.717) is 79.5 Å². The highest BCUT2D eigenvalue weighted by atomic mass is 127. The smallest absolute Gasteiger partial charge is 0.320 e. The Bertz CT molecular complexity index is 3370. The van der Waals surface area contributed by atoms with Crippen LogP contribution in [-0.4, -0.2) is 247 Å². The highest BCUT2D eigenvalue weighted by Crippen LogP contribution is 2.24. The van der Waals surface area contributed by atoms with Gasteiger partial charge in [-0.2, -0.15) is 0 Å². The summed E-state index contributed by atoms with van der Waals surface area (Å²) in [5.74, 6) is -6.02. The Morgan fingerprint density at radius 1 is 0.625 bits per heavy atom. The van der Waals surface area contributed by atoms with Gasteiger partial charge in [0.2, 0.25) is 47.3 Å². The number of aromatic hydroxyl groups is 1. The number of hydrogen-bond donors (Lipinski definition) is 11. The van der Waals surface area contributed by atoms with Crippen LogP contribution in [0.25, 0.3) is 10.8 Å². The Kier molecular flexibility index (Phi) is 35.9. The molecule has 3 aromatic carbocycles. The highest BCUT2D eigenvalue weighted by molar-refractivity contribution is 14.1. The number of nitrogens with zero attached hydrogens (tertiary/aromatic N) is 6. The number of unbranched alkanes of at least 4 members (excludes halogenated alkanes) is 3. The largest absolute Gasteiger partial charge is 0.507 e. The van der Waals surface area contributed by atoms with Gasteiger partial charge in [-0.15, -0.1) is 0 Å². The average molecular weight is 1560 g/mol. The number of fused-ring (bicyclic) bond motifs is 1. The predicted octanol–water partition coefficient (Wildman–Crippen LogP) is 3.76. The number of nitrogens with one attached hydrogen (secondary N) is 7. The number of aliphatic imine (C=N–C) groups is 1. The third kappa shape index (κ3) is 34.0. The van der Waals surface area contributed by atoms with Crippen molar-refractivity contribution in [1.29, 1.82) is 0 Å². The van der Waals surface area contributed by atoms with Crippen molar-refractivity contribution in [2.24, 2.45) is 27.3 Å². The van der Waals surface area contributed by atoms with Crippen LogP contribution in [-0.2, 0) is 65.5 Å². The number of likely N-dealkylation sites (N-methyl/N-ethyl adjacent to an activating group) is 1. The lowest BCUT2D eigenvalue weighted by Crippen LogP contribution is -2.58. The van der Waals surface area contributed by atoms with E-state index in [1.165, 1.54) is 18.0 Å². The van der Waals surface area contributed by atoms with Gasteiger partial charge in [0.25, 0.3) is 0 Å². The summed E-state index contributed by atoms with van der Waals surface area (Å²) in [5, 5.41) is 41.4. The zero-order valence-electron chi connectivity index (χ0n) is 63.0. The normalized spacial score (nSPS) is 19.1. The lowest BCUT2D eigenvalue weighted by Gasteiger charge is -2.37. The Morgan fingerprint density at radius 3 is 1.82 bits per heavy atom. The van der Waals surface area contributed by atoms with Crippen molar-refractivity contribution in [3.05, 3.63) is 75.4 Å². The minimum absolute atomic E-state index is 0.0106. The quantitative estimate of drug-likeness (QED) is 0.0144. The number of carbonyl (C=O) groups excluding carboxylic acids is 9. The monoisotopic (exact) mass is 1560 g/mol. The molecule has 2 heterocycles. The molecule has 13 N–H and O–H groups in total. The van der Waals surface area contributed by atoms with Gasteiger partial charge in [-0.25, -0.2) is 0 Å². The van der Waals surface area contributed by atoms with Crippen molar-refractivity contribution in [3.63, 3.8) is 0 Å². The minimum atomic E-state index is -1.28. The second kappa shape index (κ2) is 43.0. The third-order valence-electron chi connectivity index (χ3n) is 17.7. The third-order valence-corrected chi connectivity index (χ3v) is 18.6. The molecule has 2 aliphatic heterocycles. The van der Waals surface area contributed by atoms with Crippen molar-refractivity contribution in [3.8, 4) is 5.75 Å². The van der Waals surface area contributed by atoms with Crippen LogP contribution in [0.4, 0.5) is 0 Å². The standard InChI is InChI=1S/C75H118IN15O13/c1-73(2,3)49-90-38-36-88(34-35-89(48-66(98)104-75(7,8)9)37-39-91(41-40-90)50-74(4,5)6)47-64(95)83-56(22-15-16-26-65(96)97)67(99)80-31-17-11-12-25-62(93)79-32-19-24-60-70(102)85-57(23-18-33-81-72(77)78)69(101)86-58(44-51-27-29-53-20-13-14-21-54(53)42-51)68(100)82-46-63(94)84-59(71(103)87(60)10)45-52-28-30-61(92)55(76)43-52/h13-14,20-21,27-30,42-43,56-60,92H,11-12,15-19,22-26,31-41,44-50H2,1-10H3,(H,79,93)(H,80,99)(H,82,100)(H,83,95)(H,84,94)(H,85,102)(H,86,101)(H,96,97)(H4,77,78,81)/t56?,57-,58-,59+,60+/m0/s1. The molecule has 2 aliphatic rings. The molecule has 28 nitrogen and oxygen atoms in total. The SMILES string of the molecule is CN1C(=O)[C@@H](Cc2ccc(O)c(I)c2)NC(=O)CNC(=O)[C@H](Cc2ccc3ccccc3c2)NC(=O)[C@H](CCCN=C(N)N)NC(=O)[C@H]1CCCNC(=O)CCCCCNC(=O)C(CCCCC(=O)O)NC(=O)CN1CCN(CC(=O)OC(C)(C)C)CCN(CC(C)(C)C)CCN(CC(C)(C)C)CC1. The fourth-order valence-electron chi connectivity index (χ4n) is 12.7. The lowest BCUT2D eigenvalue weighted by atomic mass is 9.95. The average Bonchev–Trinajstić information content (AvgIpc) is 1.14. The molecular weight excluding hydrogens is 1450 g/mol. The molecule has 0 spiro atoms. The summed E-state index contributed by atoms with van der Waals surface area (Å²) >= 11 is 1.95. The maximum absolute atomic E-state index is 14.8. The molecule has 578 valence electrons. The number of carboxylic acid groups (broad SMARTS) is 1. The molecule has 3 aromatic rings. The van der Waals surface area contributed by atoms with Crippen LogP contribution < -0.4 is 48.7 Å². The van der Waals surface area contributed by atoms with E-state index >= 15 is 0 Å². The van der Waals surface area contributed by atoms with E-state index in [-0.39, 0.29) is 131 Å². The summed E-state index contributed by atoms with van der Waals surface area (Å²) in [6.07, 6.45) is 2.80. The molecule has 0 aromatic heterocycles. The van der Waals surface area contributed by atoms with Gasteiger partial charge in [-0.3, -0.25) is 62.7 Å². The number of amides is 8. The van der Waals surface area contributed by atoms with Crippen molar-refractivity contribution < 1.29 is 62.9 Å². The van der Waals surface area contributed by atoms with E-state index in [4.69, 9.17) is 16.2 Å². The molecule has 2 fully saturated rings. The van der Waals surface area contributed by atoms with Crippen LogP contribution in [0.5, 0.6) is 5.75 Å². The highest BCUT2D eigenvalue weighted by Gasteiger charge is 2.37. The van der Waals surface area contributed by atoms with Crippen molar-refractivity contribution in [2.45, 2.75) is 188 Å². The number of esters is 1. The van der Waals surface area contributed by atoms with E-state index in [9.17, 15) is 58.2 Å². The molecule has 1 unspecified atom stereocenters. The first-order valence-corrected chi connectivity index (χ1v) is 37.7. The van der Waals surface area contributed by atoms with E-state index in [0.717, 1.165) is 43.5 Å². The van der Waals surface area contributed by atoms with Crippen LogP contribution in [0, 0.1) is 14.4 Å². The van der Waals surface area contributed by atoms with Gasteiger partial charge in [0.05, 0.1) is 23.2 Å². The van der Waals surface area contributed by atoms with E-state index < -0.39 is 83.8 Å². The zero-order valence-corrected chi connectivity index (χ0v) is 65.1. The molecule has 104 heavy (non-hydrogen) atoms.